The third-order valence-corrected chi connectivity index (χ3v) is 6.47. The molecule has 5 rings (SSSR count). The van der Waals surface area contributed by atoms with E-state index in [1.807, 2.05) is 0 Å². The molecule has 1 amide bonds. The van der Waals surface area contributed by atoms with Crippen molar-refractivity contribution in [3.8, 4) is 11.1 Å². The number of anilines is 3. The van der Waals surface area contributed by atoms with Gasteiger partial charge in [0.25, 0.3) is 0 Å². The van der Waals surface area contributed by atoms with Crippen LogP contribution in [-0.4, -0.2) is 24.6 Å². The highest BCUT2D eigenvalue weighted by molar-refractivity contribution is 7.81. The van der Waals surface area contributed by atoms with Crippen LogP contribution < -0.4 is 9.62 Å². The number of carbonyl (C=O) groups excluding carboxylic acids is 1. The molecule has 0 saturated heterocycles. The van der Waals surface area contributed by atoms with E-state index in [0.29, 0.717) is 15.8 Å². The number of hydrogen-bond acceptors (Lipinski definition) is 4. The molecule has 0 spiro atoms. The SMILES string of the molecule is O=C(Nc1cc(-c2ccc(N(c3cccc(F)c3)S(=O)[O-])cc2C(F)(F)F)c2cc[nH]c2n1)C1CC1. The molecular weight excluding hydrogens is 500 g/mol. The maximum absolute atomic E-state index is 14.3. The number of fused-ring (bicyclic) bond motifs is 1. The molecule has 1 atom stereocenters. The smallest absolute Gasteiger partial charge is 0.417 e. The molecule has 1 aliphatic carbocycles. The first kappa shape index (κ1) is 23.9. The van der Waals surface area contributed by atoms with E-state index in [9.17, 15) is 31.1 Å². The first-order chi connectivity index (χ1) is 17.1. The Morgan fingerprint density at radius 1 is 1.08 bits per heavy atom. The molecule has 186 valence electrons. The molecule has 0 radical (unpaired) electrons. The normalized spacial score (nSPS) is 14.6. The Morgan fingerprint density at radius 2 is 1.83 bits per heavy atom. The van der Waals surface area contributed by atoms with E-state index in [4.69, 9.17) is 0 Å². The van der Waals surface area contributed by atoms with Gasteiger partial charge in [0.1, 0.15) is 17.3 Å². The Bertz CT molecular complexity index is 1500. The van der Waals surface area contributed by atoms with E-state index in [-0.39, 0.29) is 45.8 Å². The van der Waals surface area contributed by atoms with E-state index in [0.717, 1.165) is 31.0 Å². The highest BCUT2D eigenvalue weighted by Crippen LogP contribution is 2.43. The molecule has 0 aliphatic heterocycles. The Labute approximate surface area is 204 Å². The van der Waals surface area contributed by atoms with Crippen LogP contribution in [0.25, 0.3) is 22.2 Å². The predicted octanol–water partition coefficient (Wildman–Crippen LogP) is 5.67. The molecule has 7 nitrogen and oxygen atoms in total. The van der Waals surface area contributed by atoms with Crippen LogP contribution in [0.3, 0.4) is 0 Å². The van der Waals surface area contributed by atoms with Crippen molar-refractivity contribution in [3.63, 3.8) is 0 Å². The fraction of sp³-hybridized carbons (Fsp3) is 0.167. The summed E-state index contributed by atoms with van der Waals surface area (Å²) in [6.45, 7) is 0. The number of rotatable bonds is 6. The van der Waals surface area contributed by atoms with Crippen LogP contribution in [0.5, 0.6) is 0 Å². The van der Waals surface area contributed by atoms with Crippen LogP contribution >= 0.6 is 0 Å². The second-order valence-electron chi connectivity index (χ2n) is 8.28. The van der Waals surface area contributed by atoms with Crippen LogP contribution in [0, 0.1) is 11.7 Å². The Morgan fingerprint density at radius 3 is 2.50 bits per heavy atom. The number of nitrogens with zero attached hydrogens (tertiary/aromatic N) is 2. The van der Waals surface area contributed by atoms with Crippen molar-refractivity contribution < 1.29 is 31.1 Å². The minimum atomic E-state index is -4.87. The van der Waals surface area contributed by atoms with Crippen molar-refractivity contribution in [3.05, 3.63) is 72.2 Å². The molecule has 0 bridgehead atoms. The summed E-state index contributed by atoms with van der Waals surface area (Å²) < 4.78 is 81.0. The van der Waals surface area contributed by atoms with E-state index < -0.39 is 28.8 Å². The summed E-state index contributed by atoms with van der Waals surface area (Å²) in [6, 6.07) is 10.5. The second-order valence-corrected chi connectivity index (χ2v) is 9.08. The molecule has 1 saturated carbocycles. The molecule has 1 unspecified atom stereocenters. The number of nitrogens with one attached hydrogen (secondary N) is 2. The lowest BCUT2D eigenvalue weighted by atomic mass is 9.96. The number of aromatic amines is 1. The first-order valence-electron chi connectivity index (χ1n) is 10.8. The molecule has 36 heavy (non-hydrogen) atoms. The average Bonchev–Trinajstić information content (AvgIpc) is 3.56. The van der Waals surface area contributed by atoms with Gasteiger partial charge in [-0.1, -0.05) is 12.1 Å². The highest BCUT2D eigenvalue weighted by atomic mass is 32.2. The molecule has 2 heterocycles. The third-order valence-electron chi connectivity index (χ3n) is 5.75. The van der Waals surface area contributed by atoms with Gasteiger partial charge in [-0.25, -0.2) is 9.37 Å². The molecule has 2 aromatic carbocycles. The predicted molar refractivity (Wildman–Crippen MR) is 125 cm³/mol. The van der Waals surface area contributed by atoms with Crippen molar-refractivity contribution in [2.75, 3.05) is 9.62 Å². The van der Waals surface area contributed by atoms with Gasteiger partial charge in [0, 0.05) is 17.5 Å². The molecule has 1 aliphatic rings. The number of pyridine rings is 1. The van der Waals surface area contributed by atoms with Crippen molar-refractivity contribution in [1.29, 1.82) is 0 Å². The summed E-state index contributed by atoms with van der Waals surface area (Å²) in [4.78, 5) is 19.4. The van der Waals surface area contributed by atoms with E-state index >= 15 is 0 Å². The minimum Gasteiger partial charge on any atom is -0.755 e. The van der Waals surface area contributed by atoms with Crippen LogP contribution in [0.1, 0.15) is 18.4 Å². The maximum Gasteiger partial charge on any atom is 0.417 e. The van der Waals surface area contributed by atoms with Crippen LogP contribution in [0.4, 0.5) is 34.8 Å². The summed E-state index contributed by atoms with van der Waals surface area (Å²) >= 11 is -3.04. The number of alkyl halides is 3. The van der Waals surface area contributed by atoms with Crippen LogP contribution in [0.15, 0.2) is 60.8 Å². The molecule has 1 fully saturated rings. The zero-order valence-corrected chi connectivity index (χ0v) is 19.1. The number of halogens is 4. The van der Waals surface area contributed by atoms with Gasteiger partial charge >= 0.3 is 6.18 Å². The maximum atomic E-state index is 14.3. The molecule has 4 aromatic rings. The molecular formula is C24H17F4N4O3S-. The Hall–Kier alpha value is -3.77. The number of hydrogen-bond donors (Lipinski definition) is 2. The first-order valence-corrected chi connectivity index (χ1v) is 11.8. The van der Waals surface area contributed by atoms with E-state index in [1.165, 1.54) is 30.5 Å². The summed E-state index contributed by atoms with van der Waals surface area (Å²) in [5.74, 6) is -1.05. The lowest BCUT2D eigenvalue weighted by Crippen LogP contribution is -2.20. The number of benzene rings is 2. The molecule has 2 aromatic heterocycles. The Kier molecular flexibility index (Phi) is 6.00. The van der Waals surface area contributed by atoms with Gasteiger partial charge in [-0.3, -0.25) is 13.3 Å². The topological polar surface area (TPSA) is 101 Å². The molecule has 12 heteroatoms. The summed E-state index contributed by atoms with van der Waals surface area (Å²) in [5.41, 5.74) is -1.42. The van der Waals surface area contributed by atoms with Gasteiger partial charge in [-0.2, -0.15) is 13.2 Å². The van der Waals surface area contributed by atoms with Gasteiger partial charge in [0.2, 0.25) is 5.91 Å². The largest absolute Gasteiger partial charge is 0.755 e. The van der Waals surface area contributed by atoms with E-state index in [1.54, 1.807) is 6.07 Å². The summed E-state index contributed by atoms with van der Waals surface area (Å²) in [5, 5.41) is 3.03. The number of amides is 1. The highest BCUT2D eigenvalue weighted by Gasteiger charge is 2.35. The number of aromatic nitrogens is 2. The minimum absolute atomic E-state index is 0.0936. The molecule has 2 N–H and O–H groups in total. The van der Waals surface area contributed by atoms with Gasteiger partial charge < -0.3 is 14.9 Å². The zero-order chi connectivity index (χ0) is 25.6. The van der Waals surface area contributed by atoms with Crippen molar-refractivity contribution in [1.82, 2.24) is 9.97 Å². The fourth-order valence-corrected chi connectivity index (χ4v) is 4.52. The summed E-state index contributed by atoms with van der Waals surface area (Å²) in [7, 11) is 0. The van der Waals surface area contributed by atoms with Crippen molar-refractivity contribution >= 4 is 45.4 Å². The number of carbonyl (C=O) groups is 1. The monoisotopic (exact) mass is 517 g/mol. The zero-order valence-electron chi connectivity index (χ0n) is 18.3. The fourth-order valence-electron chi connectivity index (χ4n) is 3.95. The van der Waals surface area contributed by atoms with Gasteiger partial charge in [0.15, 0.2) is 0 Å². The standard InChI is InChI=1S/C24H18F4N4O3S/c25-14-2-1-3-15(10-14)32(36(34)35)16-6-7-17(20(11-16)24(26,27)28)19-12-21(31-23(33)13-4-5-13)30-22-18(19)8-9-29-22/h1-3,6-13H,4-5H2,(H,34,35)(H2,29,30,31,33)/p-1. The second kappa shape index (κ2) is 9.03. The quantitative estimate of drug-likeness (QED) is 0.254. The van der Waals surface area contributed by atoms with Crippen LogP contribution in [0.2, 0.25) is 0 Å². The van der Waals surface area contributed by atoms with Gasteiger partial charge in [-0.05, 0) is 66.4 Å². The van der Waals surface area contributed by atoms with Gasteiger partial charge in [0.05, 0.1) is 28.2 Å². The van der Waals surface area contributed by atoms with E-state index in [2.05, 4.69) is 15.3 Å². The van der Waals surface area contributed by atoms with Gasteiger partial charge in [-0.15, -0.1) is 0 Å². The average molecular weight is 517 g/mol. The van der Waals surface area contributed by atoms with Crippen LogP contribution in [-0.2, 0) is 22.2 Å². The third kappa shape index (κ3) is 4.69. The summed E-state index contributed by atoms with van der Waals surface area (Å²) in [6.07, 6.45) is -1.87. The number of H-pyrrole nitrogens is 1. The Balaban J connectivity index is 1.66. The van der Waals surface area contributed by atoms with Crippen molar-refractivity contribution in [2.45, 2.75) is 19.0 Å². The lowest BCUT2D eigenvalue weighted by molar-refractivity contribution is -0.137. The lowest BCUT2D eigenvalue weighted by Gasteiger charge is -2.28. The van der Waals surface area contributed by atoms with Crippen molar-refractivity contribution in [2.24, 2.45) is 5.92 Å².